The molecule has 1 aromatic rings. The molecular weight excluding hydrogens is 290 g/mol. The van der Waals surface area contributed by atoms with Gasteiger partial charge in [0.05, 0.1) is 0 Å². The zero-order chi connectivity index (χ0) is 14.6. The molecule has 21 heavy (non-hydrogen) atoms. The summed E-state index contributed by atoms with van der Waals surface area (Å²) >= 11 is 1.97. The van der Waals surface area contributed by atoms with Crippen molar-refractivity contribution in [1.29, 1.82) is 0 Å². The standard InChI is InChI=1S/C14H17N3O3S/c18-9-1-4-17-11(12(9)19)13(20)16-8-14(7-10(16)15-17)2-5-21-6-3-14/h1,4,10,15,19H,2-3,5-8H2. The normalized spacial score (nSPS) is 26.4. The van der Waals surface area contributed by atoms with Crippen molar-refractivity contribution in [3.8, 4) is 5.75 Å². The van der Waals surface area contributed by atoms with Crippen LogP contribution in [0.4, 0.5) is 0 Å². The van der Waals surface area contributed by atoms with Crippen molar-refractivity contribution in [1.82, 2.24) is 9.58 Å². The van der Waals surface area contributed by atoms with Crippen LogP contribution in [0.5, 0.6) is 5.75 Å². The second-order valence-corrected chi connectivity index (χ2v) is 7.37. The Labute approximate surface area is 126 Å². The number of fused-ring (bicyclic) bond motifs is 2. The van der Waals surface area contributed by atoms with Crippen molar-refractivity contribution in [3.63, 3.8) is 0 Å². The van der Waals surface area contributed by atoms with Crippen molar-refractivity contribution < 1.29 is 9.90 Å². The van der Waals surface area contributed by atoms with Crippen LogP contribution in [0.3, 0.4) is 0 Å². The van der Waals surface area contributed by atoms with Crippen LogP contribution in [0.25, 0.3) is 0 Å². The minimum Gasteiger partial charge on any atom is -0.502 e. The molecule has 3 aliphatic rings. The molecule has 1 atom stereocenters. The number of pyridine rings is 1. The van der Waals surface area contributed by atoms with Gasteiger partial charge in [-0.05, 0) is 36.2 Å². The van der Waals surface area contributed by atoms with E-state index >= 15 is 0 Å². The minimum atomic E-state index is -0.516. The Morgan fingerprint density at radius 1 is 1.33 bits per heavy atom. The average Bonchev–Trinajstić information content (AvgIpc) is 2.82. The number of nitrogens with zero attached hydrogens (tertiary/aromatic N) is 2. The summed E-state index contributed by atoms with van der Waals surface area (Å²) in [5.41, 5.74) is 2.98. The number of amides is 1. The van der Waals surface area contributed by atoms with Gasteiger partial charge in [-0.3, -0.25) is 14.3 Å². The molecule has 0 bridgehead atoms. The highest BCUT2D eigenvalue weighted by atomic mass is 32.2. The first-order valence-corrected chi connectivity index (χ1v) is 8.35. The summed E-state index contributed by atoms with van der Waals surface area (Å²) < 4.78 is 1.50. The summed E-state index contributed by atoms with van der Waals surface area (Å²) in [5.74, 6) is 1.58. The van der Waals surface area contributed by atoms with Crippen LogP contribution >= 0.6 is 11.8 Å². The zero-order valence-electron chi connectivity index (χ0n) is 11.5. The molecule has 2 fully saturated rings. The van der Waals surface area contributed by atoms with E-state index in [1.807, 2.05) is 11.8 Å². The Balaban J connectivity index is 1.71. The monoisotopic (exact) mass is 307 g/mol. The van der Waals surface area contributed by atoms with E-state index in [9.17, 15) is 14.7 Å². The molecule has 112 valence electrons. The zero-order valence-corrected chi connectivity index (χ0v) is 12.4. The molecule has 1 unspecified atom stereocenters. The molecule has 4 rings (SSSR count). The van der Waals surface area contributed by atoms with Crippen molar-refractivity contribution >= 4 is 17.7 Å². The topological polar surface area (TPSA) is 74.6 Å². The quantitative estimate of drug-likeness (QED) is 0.741. The van der Waals surface area contributed by atoms with E-state index in [0.717, 1.165) is 30.8 Å². The molecule has 0 aliphatic carbocycles. The van der Waals surface area contributed by atoms with Crippen molar-refractivity contribution in [2.75, 3.05) is 23.5 Å². The molecule has 4 heterocycles. The Kier molecular flexibility index (Phi) is 2.76. The Morgan fingerprint density at radius 3 is 2.86 bits per heavy atom. The van der Waals surface area contributed by atoms with Crippen molar-refractivity contribution in [2.24, 2.45) is 5.41 Å². The SMILES string of the molecule is O=C1c2c(O)c(=O)ccn2NC2CC3(CCSCC3)CN12. The first kappa shape index (κ1) is 13.1. The van der Waals surface area contributed by atoms with E-state index in [0.29, 0.717) is 6.54 Å². The van der Waals surface area contributed by atoms with E-state index in [4.69, 9.17) is 0 Å². The van der Waals surface area contributed by atoms with Crippen LogP contribution in [-0.2, 0) is 0 Å². The van der Waals surface area contributed by atoms with Crippen LogP contribution in [0.15, 0.2) is 17.1 Å². The summed E-state index contributed by atoms with van der Waals surface area (Å²) in [4.78, 5) is 26.0. The second kappa shape index (κ2) is 4.43. The second-order valence-electron chi connectivity index (χ2n) is 6.14. The summed E-state index contributed by atoms with van der Waals surface area (Å²) in [5, 5.41) is 9.91. The maximum Gasteiger partial charge on any atom is 0.278 e. The lowest BCUT2D eigenvalue weighted by Gasteiger charge is -2.34. The molecule has 2 N–H and O–H groups in total. The van der Waals surface area contributed by atoms with Gasteiger partial charge in [-0.1, -0.05) is 0 Å². The lowest BCUT2D eigenvalue weighted by molar-refractivity contribution is 0.0681. The molecular formula is C14H17N3O3S. The van der Waals surface area contributed by atoms with Gasteiger partial charge in [0.15, 0.2) is 11.4 Å². The Morgan fingerprint density at radius 2 is 2.10 bits per heavy atom. The van der Waals surface area contributed by atoms with E-state index in [2.05, 4.69) is 5.43 Å². The number of aromatic hydroxyl groups is 1. The maximum absolute atomic E-state index is 12.7. The van der Waals surface area contributed by atoms with Crippen LogP contribution in [0.2, 0.25) is 0 Å². The van der Waals surface area contributed by atoms with E-state index in [1.54, 1.807) is 4.90 Å². The number of thioether (sulfide) groups is 1. The smallest absolute Gasteiger partial charge is 0.278 e. The van der Waals surface area contributed by atoms with Gasteiger partial charge in [-0.15, -0.1) is 0 Å². The number of aromatic nitrogens is 1. The number of rotatable bonds is 0. The molecule has 0 saturated carbocycles. The van der Waals surface area contributed by atoms with Gasteiger partial charge < -0.3 is 15.4 Å². The minimum absolute atomic E-state index is 0.0463. The molecule has 1 spiro atoms. The summed E-state index contributed by atoms with van der Waals surface area (Å²) in [6.07, 6.45) is 4.66. The third kappa shape index (κ3) is 1.87. The van der Waals surface area contributed by atoms with Gasteiger partial charge in [0.25, 0.3) is 5.91 Å². The lowest BCUT2D eigenvalue weighted by atomic mass is 9.81. The number of nitrogens with one attached hydrogen (secondary N) is 1. The molecule has 7 heteroatoms. The predicted molar refractivity (Wildman–Crippen MR) is 80.2 cm³/mol. The lowest BCUT2D eigenvalue weighted by Crippen LogP contribution is -2.50. The van der Waals surface area contributed by atoms with Crippen LogP contribution in [0.1, 0.15) is 29.8 Å². The predicted octanol–water partition coefficient (Wildman–Crippen LogP) is 0.796. The summed E-state index contributed by atoms with van der Waals surface area (Å²) in [6, 6.07) is 1.27. The fourth-order valence-electron chi connectivity index (χ4n) is 3.69. The molecule has 3 aliphatic heterocycles. The molecule has 2 saturated heterocycles. The highest BCUT2D eigenvalue weighted by molar-refractivity contribution is 7.99. The number of carbonyl (C=O) groups is 1. The third-order valence-electron chi connectivity index (χ3n) is 4.89. The summed E-state index contributed by atoms with van der Waals surface area (Å²) in [7, 11) is 0. The first-order chi connectivity index (χ1) is 10.1. The molecule has 1 amide bonds. The Hall–Kier alpha value is -1.63. The van der Waals surface area contributed by atoms with E-state index in [1.165, 1.54) is 16.9 Å². The summed E-state index contributed by atoms with van der Waals surface area (Å²) in [6.45, 7) is 0.715. The molecule has 1 aromatic heterocycles. The van der Waals surface area contributed by atoms with Gasteiger partial charge in [0.2, 0.25) is 5.43 Å². The number of hydrogen-bond donors (Lipinski definition) is 2. The van der Waals surface area contributed by atoms with Gasteiger partial charge in [-0.2, -0.15) is 11.8 Å². The molecule has 0 radical (unpaired) electrons. The van der Waals surface area contributed by atoms with E-state index in [-0.39, 0.29) is 23.2 Å². The van der Waals surface area contributed by atoms with Crippen LogP contribution in [0, 0.1) is 5.41 Å². The third-order valence-corrected chi connectivity index (χ3v) is 5.87. The van der Waals surface area contributed by atoms with Gasteiger partial charge in [0, 0.05) is 18.8 Å². The molecule has 0 aromatic carbocycles. The Bertz CT molecular complexity index is 666. The van der Waals surface area contributed by atoms with Gasteiger partial charge >= 0.3 is 0 Å². The van der Waals surface area contributed by atoms with Gasteiger partial charge in [0.1, 0.15) is 6.17 Å². The number of carbonyl (C=O) groups excluding carboxylic acids is 1. The van der Waals surface area contributed by atoms with Gasteiger partial charge in [-0.25, -0.2) is 0 Å². The average molecular weight is 307 g/mol. The fourth-order valence-corrected chi connectivity index (χ4v) is 5.05. The largest absolute Gasteiger partial charge is 0.502 e. The van der Waals surface area contributed by atoms with E-state index < -0.39 is 11.2 Å². The molecule has 6 nitrogen and oxygen atoms in total. The van der Waals surface area contributed by atoms with Crippen LogP contribution in [-0.4, -0.2) is 44.8 Å². The fraction of sp³-hybridized carbons (Fsp3) is 0.571. The highest BCUT2D eigenvalue weighted by Crippen LogP contribution is 2.46. The van der Waals surface area contributed by atoms with Crippen molar-refractivity contribution in [2.45, 2.75) is 25.4 Å². The first-order valence-electron chi connectivity index (χ1n) is 7.20. The number of hydrogen-bond acceptors (Lipinski definition) is 5. The highest BCUT2D eigenvalue weighted by Gasteiger charge is 2.49. The maximum atomic E-state index is 12.7. The van der Waals surface area contributed by atoms with Crippen molar-refractivity contribution in [3.05, 3.63) is 28.2 Å². The van der Waals surface area contributed by atoms with Crippen LogP contribution < -0.4 is 10.9 Å².